The van der Waals surface area contributed by atoms with E-state index in [-0.39, 0.29) is 25.1 Å². The van der Waals surface area contributed by atoms with E-state index in [1.807, 2.05) is 59.8 Å². The molecule has 0 aliphatic carbocycles. The van der Waals surface area contributed by atoms with Gasteiger partial charge in [-0.15, -0.1) is 0 Å². The standard InChI is InChI=1S/C34H46N6O7/c1-22(2)39-13-6-10-28(39)33(46)38-15-11-34(12-16-38)18-24-7-4-8-25(17-24)47-20-29(42)36-23(3)32(45)40-14-5-9-27(40)31(44)37-26(19-41)30(43)35-21-34/h4,6-8,10,13,17,22-23,26-27,41H,5,9,11-12,14-16,18-21H2,1-3H3,(H,35,43)(H,36,42)(H,37,44)/t23-,26-,27-/m0/s1. The molecule has 1 spiro atoms. The third-order valence-corrected chi connectivity index (χ3v) is 9.55. The van der Waals surface area contributed by atoms with Gasteiger partial charge in [0, 0.05) is 38.4 Å². The first kappa shape index (κ1) is 34.0. The third kappa shape index (κ3) is 7.78. The molecule has 1 aromatic heterocycles. The first-order chi connectivity index (χ1) is 22.5. The lowest BCUT2D eigenvalue weighted by atomic mass is 9.73. The van der Waals surface area contributed by atoms with Crippen LogP contribution in [0.25, 0.3) is 0 Å². The van der Waals surface area contributed by atoms with Crippen molar-refractivity contribution in [1.82, 2.24) is 30.3 Å². The van der Waals surface area contributed by atoms with Gasteiger partial charge in [-0.05, 0) is 88.1 Å². The molecule has 2 aromatic rings. The number of hydrogen-bond acceptors (Lipinski definition) is 7. The first-order valence-corrected chi connectivity index (χ1v) is 16.5. The molecule has 2 saturated heterocycles. The van der Waals surface area contributed by atoms with Crippen molar-refractivity contribution in [2.24, 2.45) is 5.41 Å². The Morgan fingerprint density at radius 2 is 1.81 bits per heavy atom. The van der Waals surface area contributed by atoms with Gasteiger partial charge in [0.1, 0.15) is 29.6 Å². The van der Waals surface area contributed by atoms with Crippen LogP contribution in [-0.4, -0.2) is 107 Å². The number of carbonyl (C=O) groups excluding carboxylic acids is 5. The molecule has 0 radical (unpaired) electrons. The molecule has 4 heterocycles. The Balaban J connectivity index is 1.38. The molecule has 0 saturated carbocycles. The minimum atomic E-state index is -1.21. The maximum atomic E-state index is 13.5. The van der Waals surface area contributed by atoms with E-state index in [1.165, 1.54) is 4.90 Å². The summed E-state index contributed by atoms with van der Waals surface area (Å²) in [6.45, 7) is 6.27. The number of amides is 5. The highest BCUT2D eigenvalue weighted by Gasteiger charge is 2.40. The fourth-order valence-corrected chi connectivity index (χ4v) is 6.87. The van der Waals surface area contributed by atoms with Crippen LogP contribution in [0.15, 0.2) is 42.6 Å². The van der Waals surface area contributed by atoms with Crippen LogP contribution < -0.4 is 20.7 Å². The second-order valence-electron chi connectivity index (χ2n) is 13.2. The Labute approximate surface area is 275 Å². The predicted molar refractivity (Wildman–Crippen MR) is 172 cm³/mol. The summed E-state index contributed by atoms with van der Waals surface area (Å²) < 4.78 is 7.76. The number of nitrogens with one attached hydrogen (secondary N) is 3. The average Bonchev–Trinajstić information content (AvgIpc) is 3.76. The number of carbonyl (C=O) groups is 5. The molecule has 3 aliphatic heterocycles. The van der Waals surface area contributed by atoms with E-state index in [9.17, 15) is 29.1 Å². The van der Waals surface area contributed by atoms with Gasteiger partial charge in [0.25, 0.3) is 11.8 Å². The number of aromatic nitrogens is 1. The van der Waals surface area contributed by atoms with Crippen molar-refractivity contribution in [3.63, 3.8) is 0 Å². The molecule has 4 N–H and O–H groups in total. The van der Waals surface area contributed by atoms with Gasteiger partial charge in [-0.2, -0.15) is 0 Å². The van der Waals surface area contributed by atoms with E-state index in [0.29, 0.717) is 63.2 Å². The van der Waals surface area contributed by atoms with Crippen LogP contribution in [0.3, 0.4) is 0 Å². The van der Waals surface area contributed by atoms with Gasteiger partial charge in [0.05, 0.1) is 6.61 Å². The van der Waals surface area contributed by atoms with Crippen molar-refractivity contribution in [3.8, 4) is 5.75 Å². The Morgan fingerprint density at radius 3 is 2.53 bits per heavy atom. The van der Waals surface area contributed by atoms with Gasteiger partial charge in [0.15, 0.2) is 6.61 Å². The van der Waals surface area contributed by atoms with Gasteiger partial charge < -0.3 is 40.2 Å². The highest BCUT2D eigenvalue weighted by Crippen LogP contribution is 2.36. The van der Waals surface area contributed by atoms with Crippen LogP contribution in [0, 0.1) is 5.41 Å². The molecule has 3 atom stereocenters. The second-order valence-corrected chi connectivity index (χ2v) is 13.2. The van der Waals surface area contributed by atoms with Crippen LogP contribution >= 0.6 is 0 Å². The number of likely N-dealkylation sites (tertiary alicyclic amines) is 1. The minimum Gasteiger partial charge on any atom is -0.484 e. The molecule has 2 fully saturated rings. The molecular formula is C34H46N6O7. The van der Waals surface area contributed by atoms with Crippen LogP contribution in [0.1, 0.15) is 68.5 Å². The molecular weight excluding hydrogens is 604 g/mol. The molecule has 254 valence electrons. The SMILES string of the molecule is CC(C)n1cccc1C(=O)N1CCC2(CC1)CNC(=O)[C@H](CO)NC(=O)[C@@H]1CCCN1C(=O)[C@H](C)NC(=O)COc1cccc(c1)C2. The molecule has 47 heavy (non-hydrogen) atoms. The van der Waals surface area contributed by atoms with E-state index < -0.39 is 53.8 Å². The van der Waals surface area contributed by atoms with Gasteiger partial charge in [0.2, 0.25) is 17.7 Å². The van der Waals surface area contributed by atoms with Crippen LogP contribution in [0.5, 0.6) is 5.75 Å². The number of benzene rings is 1. The summed E-state index contributed by atoms with van der Waals surface area (Å²) >= 11 is 0. The number of hydrogen-bond donors (Lipinski definition) is 4. The van der Waals surface area contributed by atoms with Crippen LogP contribution in [-0.2, 0) is 25.6 Å². The van der Waals surface area contributed by atoms with Crippen molar-refractivity contribution < 1.29 is 33.8 Å². The first-order valence-electron chi connectivity index (χ1n) is 16.5. The normalized spacial score (nSPS) is 24.4. The average molecular weight is 651 g/mol. The van der Waals surface area contributed by atoms with Gasteiger partial charge in [-0.25, -0.2) is 0 Å². The number of aliphatic hydroxyl groups excluding tert-OH is 1. The molecule has 0 unspecified atom stereocenters. The number of nitrogens with zero attached hydrogens (tertiary/aromatic N) is 3. The number of ether oxygens (including phenoxy) is 1. The quantitative estimate of drug-likeness (QED) is 0.386. The molecule has 1 aromatic carbocycles. The zero-order valence-corrected chi connectivity index (χ0v) is 27.4. The minimum absolute atomic E-state index is 0.0378. The van der Waals surface area contributed by atoms with Crippen molar-refractivity contribution >= 4 is 29.5 Å². The zero-order chi connectivity index (χ0) is 33.7. The molecule has 13 heteroatoms. The molecule has 13 nitrogen and oxygen atoms in total. The van der Waals surface area contributed by atoms with Crippen molar-refractivity contribution in [2.45, 2.75) is 77.0 Å². The van der Waals surface area contributed by atoms with E-state index in [4.69, 9.17) is 4.74 Å². The number of rotatable bonds is 3. The monoisotopic (exact) mass is 650 g/mol. The number of aliphatic hydroxyl groups is 1. The topological polar surface area (TPSA) is 162 Å². The zero-order valence-electron chi connectivity index (χ0n) is 27.4. The van der Waals surface area contributed by atoms with Crippen LogP contribution in [0.2, 0.25) is 0 Å². The number of piperidine rings is 1. The highest BCUT2D eigenvalue weighted by atomic mass is 16.5. The Morgan fingerprint density at radius 1 is 1.04 bits per heavy atom. The van der Waals surface area contributed by atoms with Gasteiger partial charge >= 0.3 is 0 Å². The predicted octanol–water partition coefficient (Wildman–Crippen LogP) is 1.02. The maximum Gasteiger partial charge on any atom is 0.270 e. The largest absolute Gasteiger partial charge is 0.484 e. The lowest BCUT2D eigenvalue weighted by Crippen LogP contribution is -2.57. The van der Waals surface area contributed by atoms with Crippen molar-refractivity contribution in [2.75, 3.05) is 39.4 Å². The van der Waals surface area contributed by atoms with Crippen molar-refractivity contribution in [3.05, 3.63) is 53.9 Å². The third-order valence-electron chi connectivity index (χ3n) is 9.55. The maximum absolute atomic E-state index is 13.5. The fraction of sp³-hybridized carbons (Fsp3) is 0.559. The van der Waals surface area contributed by atoms with E-state index in [2.05, 4.69) is 16.0 Å². The summed E-state index contributed by atoms with van der Waals surface area (Å²) in [5.41, 5.74) is 1.12. The summed E-state index contributed by atoms with van der Waals surface area (Å²) in [6, 6.07) is 8.33. The Hall–Kier alpha value is -4.39. The summed E-state index contributed by atoms with van der Waals surface area (Å²) in [5.74, 6) is -1.49. The lowest BCUT2D eigenvalue weighted by molar-refractivity contribution is -0.142. The lowest BCUT2D eigenvalue weighted by Gasteiger charge is -2.42. The smallest absolute Gasteiger partial charge is 0.270 e. The Kier molecular flexibility index (Phi) is 10.5. The summed E-state index contributed by atoms with van der Waals surface area (Å²) in [6.07, 6.45) is 4.65. The molecule has 3 aliphatic rings. The van der Waals surface area contributed by atoms with E-state index >= 15 is 0 Å². The highest BCUT2D eigenvalue weighted by molar-refractivity contribution is 5.95. The molecule has 5 amide bonds. The summed E-state index contributed by atoms with van der Waals surface area (Å²) in [4.78, 5) is 69.4. The van der Waals surface area contributed by atoms with E-state index in [1.54, 1.807) is 13.0 Å². The van der Waals surface area contributed by atoms with E-state index in [0.717, 1.165) is 5.56 Å². The summed E-state index contributed by atoms with van der Waals surface area (Å²) in [7, 11) is 0. The van der Waals surface area contributed by atoms with Crippen LogP contribution in [0.4, 0.5) is 0 Å². The van der Waals surface area contributed by atoms with Gasteiger partial charge in [-0.1, -0.05) is 12.1 Å². The molecule has 5 rings (SSSR count). The Bertz CT molecular complexity index is 1480. The number of fused-ring (bicyclic) bond motifs is 3. The van der Waals surface area contributed by atoms with Crippen molar-refractivity contribution in [1.29, 1.82) is 0 Å². The fourth-order valence-electron chi connectivity index (χ4n) is 6.87. The molecule has 2 bridgehead atoms. The van der Waals surface area contributed by atoms with Gasteiger partial charge in [-0.3, -0.25) is 24.0 Å². The second kappa shape index (κ2) is 14.6. The summed E-state index contributed by atoms with van der Waals surface area (Å²) in [5, 5.41) is 18.4.